The molecule has 1 heterocycles. The van der Waals surface area contributed by atoms with Gasteiger partial charge in [-0.2, -0.15) is 0 Å². The summed E-state index contributed by atoms with van der Waals surface area (Å²) in [5, 5.41) is 0.666. The molecule has 0 aliphatic rings. The number of benzene rings is 2. The number of ether oxygens (including phenoxy) is 1. The highest BCUT2D eigenvalue weighted by Crippen LogP contribution is 2.20. The summed E-state index contributed by atoms with van der Waals surface area (Å²) in [5.41, 5.74) is 1.24. The van der Waals surface area contributed by atoms with E-state index in [9.17, 15) is 9.59 Å². The SMILES string of the molecule is COC(=O)c1ccc2c(=O)[nH]c(C(Cl)=Cc3ccccc3)nc2c1. The Morgan fingerprint density at radius 2 is 1.96 bits per heavy atom. The standard InChI is InChI=1S/C18H13ClN2O3/c1-24-18(23)12-7-8-13-15(10-12)20-16(21-17(13)22)14(19)9-11-5-3-2-4-6-11/h2-10H,1H3,(H,20,21,22). The molecule has 120 valence electrons. The second-order valence-electron chi connectivity index (χ2n) is 5.04. The van der Waals surface area contributed by atoms with Crippen LogP contribution in [0.1, 0.15) is 21.7 Å². The first kappa shape index (κ1) is 16.0. The number of aromatic nitrogens is 2. The molecule has 0 aliphatic heterocycles. The maximum absolute atomic E-state index is 12.2. The number of carbonyl (C=O) groups excluding carboxylic acids is 1. The van der Waals surface area contributed by atoms with Gasteiger partial charge < -0.3 is 9.72 Å². The van der Waals surface area contributed by atoms with Crippen molar-refractivity contribution in [3.63, 3.8) is 0 Å². The molecule has 5 nitrogen and oxygen atoms in total. The lowest BCUT2D eigenvalue weighted by molar-refractivity contribution is 0.0601. The summed E-state index contributed by atoms with van der Waals surface area (Å²) in [4.78, 5) is 30.8. The van der Waals surface area contributed by atoms with Crippen molar-refractivity contribution in [3.8, 4) is 0 Å². The number of H-pyrrole nitrogens is 1. The molecule has 3 aromatic rings. The van der Waals surface area contributed by atoms with Crippen LogP contribution in [0, 0.1) is 0 Å². The van der Waals surface area contributed by atoms with E-state index in [0.29, 0.717) is 21.5 Å². The van der Waals surface area contributed by atoms with Crippen LogP contribution < -0.4 is 5.56 Å². The fourth-order valence-electron chi connectivity index (χ4n) is 2.26. The van der Waals surface area contributed by atoms with Crippen molar-refractivity contribution in [2.45, 2.75) is 0 Å². The van der Waals surface area contributed by atoms with Crippen LogP contribution in [0.3, 0.4) is 0 Å². The zero-order valence-corrected chi connectivity index (χ0v) is 13.5. The average Bonchev–Trinajstić information content (AvgIpc) is 2.61. The molecule has 0 amide bonds. The van der Waals surface area contributed by atoms with Crippen LogP contribution in [-0.4, -0.2) is 23.0 Å². The van der Waals surface area contributed by atoms with Gasteiger partial charge >= 0.3 is 5.97 Å². The molecule has 0 saturated carbocycles. The van der Waals surface area contributed by atoms with E-state index in [1.807, 2.05) is 30.3 Å². The van der Waals surface area contributed by atoms with Crippen molar-refractivity contribution < 1.29 is 9.53 Å². The number of nitrogens with one attached hydrogen (secondary N) is 1. The molecule has 0 atom stereocenters. The number of rotatable bonds is 3. The van der Waals surface area contributed by atoms with Gasteiger partial charge in [-0.25, -0.2) is 9.78 Å². The third kappa shape index (κ3) is 3.21. The second kappa shape index (κ2) is 6.68. The summed E-state index contributed by atoms with van der Waals surface area (Å²) in [6, 6.07) is 14.0. The van der Waals surface area contributed by atoms with Crippen molar-refractivity contribution in [1.82, 2.24) is 9.97 Å². The second-order valence-corrected chi connectivity index (χ2v) is 5.45. The van der Waals surface area contributed by atoms with Gasteiger partial charge in [0.25, 0.3) is 5.56 Å². The lowest BCUT2D eigenvalue weighted by Gasteiger charge is -2.04. The van der Waals surface area contributed by atoms with Crippen molar-refractivity contribution in [2.75, 3.05) is 7.11 Å². The predicted octanol–water partition coefficient (Wildman–Crippen LogP) is 3.45. The Morgan fingerprint density at radius 1 is 1.21 bits per heavy atom. The van der Waals surface area contributed by atoms with E-state index in [2.05, 4.69) is 14.7 Å². The van der Waals surface area contributed by atoms with Crippen LogP contribution in [0.4, 0.5) is 0 Å². The molecule has 3 rings (SSSR count). The van der Waals surface area contributed by atoms with E-state index < -0.39 is 5.97 Å². The predicted molar refractivity (Wildman–Crippen MR) is 93.9 cm³/mol. The van der Waals surface area contributed by atoms with Gasteiger partial charge in [0.2, 0.25) is 0 Å². The smallest absolute Gasteiger partial charge is 0.337 e. The topological polar surface area (TPSA) is 72.1 Å². The van der Waals surface area contributed by atoms with Gasteiger partial charge in [-0.1, -0.05) is 41.9 Å². The van der Waals surface area contributed by atoms with Crippen molar-refractivity contribution >= 4 is 39.6 Å². The highest BCUT2D eigenvalue weighted by molar-refractivity contribution is 6.50. The number of halogens is 1. The van der Waals surface area contributed by atoms with E-state index in [4.69, 9.17) is 11.6 Å². The Bertz CT molecular complexity index is 994. The molecule has 0 fully saturated rings. The van der Waals surface area contributed by atoms with E-state index in [0.717, 1.165) is 5.56 Å². The van der Waals surface area contributed by atoms with Crippen LogP contribution in [0.15, 0.2) is 53.3 Å². The zero-order chi connectivity index (χ0) is 17.1. The Kier molecular flexibility index (Phi) is 4.44. The normalized spacial score (nSPS) is 11.5. The largest absolute Gasteiger partial charge is 0.465 e. The molecular weight excluding hydrogens is 328 g/mol. The van der Waals surface area contributed by atoms with Crippen molar-refractivity contribution in [3.05, 3.63) is 75.8 Å². The molecular formula is C18H13ClN2O3. The van der Waals surface area contributed by atoms with Crippen molar-refractivity contribution in [1.29, 1.82) is 0 Å². The molecule has 0 unspecified atom stereocenters. The van der Waals surface area contributed by atoms with Gasteiger partial charge in [0.15, 0.2) is 5.82 Å². The van der Waals surface area contributed by atoms with Gasteiger partial charge in [0, 0.05) is 0 Å². The quantitative estimate of drug-likeness (QED) is 0.741. The fourth-order valence-corrected chi connectivity index (χ4v) is 2.48. The monoisotopic (exact) mass is 340 g/mol. The summed E-state index contributed by atoms with van der Waals surface area (Å²) in [6.45, 7) is 0. The number of nitrogens with zero attached hydrogens (tertiary/aromatic N) is 1. The van der Waals surface area contributed by atoms with E-state index in [1.54, 1.807) is 6.08 Å². The number of esters is 1. The molecule has 0 radical (unpaired) electrons. The Hall–Kier alpha value is -2.92. The summed E-state index contributed by atoms with van der Waals surface area (Å²) >= 11 is 6.28. The van der Waals surface area contributed by atoms with Gasteiger partial charge in [0.1, 0.15) is 0 Å². The number of aromatic amines is 1. The highest BCUT2D eigenvalue weighted by Gasteiger charge is 2.11. The number of fused-ring (bicyclic) bond motifs is 1. The highest BCUT2D eigenvalue weighted by atomic mass is 35.5. The fraction of sp³-hybridized carbons (Fsp3) is 0.0556. The lowest BCUT2D eigenvalue weighted by atomic mass is 10.1. The third-order valence-corrected chi connectivity index (χ3v) is 3.73. The maximum Gasteiger partial charge on any atom is 0.337 e. The molecule has 1 aromatic heterocycles. The number of methoxy groups -OCH3 is 1. The van der Waals surface area contributed by atoms with Gasteiger partial charge in [0.05, 0.1) is 28.6 Å². The lowest BCUT2D eigenvalue weighted by Crippen LogP contribution is -2.11. The molecule has 24 heavy (non-hydrogen) atoms. The van der Waals surface area contributed by atoms with Gasteiger partial charge in [-0.3, -0.25) is 4.79 Å². The van der Waals surface area contributed by atoms with E-state index in [1.165, 1.54) is 25.3 Å². The Morgan fingerprint density at radius 3 is 2.67 bits per heavy atom. The summed E-state index contributed by atoms with van der Waals surface area (Å²) < 4.78 is 4.68. The zero-order valence-electron chi connectivity index (χ0n) is 12.7. The average molecular weight is 341 g/mol. The molecule has 0 spiro atoms. The molecule has 6 heteroatoms. The first-order valence-corrected chi connectivity index (χ1v) is 7.51. The Balaban J connectivity index is 2.10. The molecule has 0 saturated heterocycles. The van der Waals surface area contributed by atoms with E-state index in [-0.39, 0.29) is 11.4 Å². The molecule has 1 N–H and O–H groups in total. The van der Waals surface area contributed by atoms with Gasteiger partial charge in [-0.15, -0.1) is 0 Å². The number of hydrogen-bond acceptors (Lipinski definition) is 4. The van der Waals surface area contributed by atoms with Crippen LogP contribution >= 0.6 is 11.6 Å². The Labute approximate surface area is 142 Å². The maximum atomic E-state index is 12.2. The minimum atomic E-state index is -0.494. The first-order chi connectivity index (χ1) is 11.6. The van der Waals surface area contributed by atoms with Crippen LogP contribution in [-0.2, 0) is 4.74 Å². The number of carbonyl (C=O) groups is 1. The van der Waals surface area contributed by atoms with Gasteiger partial charge in [-0.05, 0) is 29.8 Å². The summed E-state index contributed by atoms with van der Waals surface area (Å²) in [6.07, 6.45) is 1.70. The van der Waals surface area contributed by atoms with Crippen LogP contribution in [0.2, 0.25) is 0 Å². The summed E-state index contributed by atoms with van der Waals surface area (Å²) in [7, 11) is 1.29. The molecule has 0 aliphatic carbocycles. The van der Waals surface area contributed by atoms with Crippen LogP contribution in [0.25, 0.3) is 22.0 Å². The molecule has 2 aromatic carbocycles. The minimum absolute atomic E-state index is 0.236. The summed E-state index contributed by atoms with van der Waals surface area (Å²) in [5.74, 6) is -0.258. The third-order valence-electron chi connectivity index (χ3n) is 3.45. The van der Waals surface area contributed by atoms with Crippen LogP contribution in [0.5, 0.6) is 0 Å². The number of hydrogen-bond donors (Lipinski definition) is 1. The first-order valence-electron chi connectivity index (χ1n) is 7.13. The van der Waals surface area contributed by atoms with E-state index >= 15 is 0 Å². The molecule has 0 bridgehead atoms. The van der Waals surface area contributed by atoms with Crippen molar-refractivity contribution in [2.24, 2.45) is 0 Å². The minimum Gasteiger partial charge on any atom is -0.465 e.